The molecule has 8 heteroatoms. The molecule has 1 aliphatic heterocycles. The van der Waals surface area contributed by atoms with Gasteiger partial charge in [0.05, 0.1) is 40.4 Å². The van der Waals surface area contributed by atoms with Crippen LogP contribution in [0.2, 0.25) is 0 Å². The molecule has 0 unspecified atom stereocenters. The fraction of sp³-hybridized carbons (Fsp3) is 0.385. The third-order valence-corrected chi connectivity index (χ3v) is 7.62. The Labute approximate surface area is 195 Å². The van der Waals surface area contributed by atoms with E-state index in [1.807, 2.05) is 18.2 Å². The molecule has 4 aromatic rings. The van der Waals surface area contributed by atoms with Gasteiger partial charge in [-0.2, -0.15) is 0 Å². The first-order valence-corrected chi connectivity index (χ1v) is 11.7. The number of pyridine rings is 1. The van der Waals surface area contributed by atoms with Gasteiger partial charge in [-0.05, 0) is 63.3 Å². The van der Waals surface area contributed by atoms with Crippen LogP contribution in [0.3, 0.4) is 0 Å². The Balaban J connectivity index is 1.60. The predicted octanol–water partition coefficient (Wildman–Crippen LogP) is 3.88. The Morgan fingerprint density at radius 2 is 1.91 bits per heavy atom. The molecule has 0 saturated heterocycles. The van der Waals surface area contributed by atoms with Gasteiger partial charge in [0.2, 0.25) is 0 Å². The smallest absolute Gasteiger partial charge is 0.260 e. The standard InChI is InChI=1S/C26H26FN5O2/c1-15-19(27)4-6-21(29-15)22-23(16-3-5-20-18(13-16)24(34)31(2)14-28-20)32-12-11-26(25(32)30-22)9-7-17(33)8-10-26/h3-6,13-14,17,33H,7-12H2,1-2H3/t17-,26-. The molecule has 0 radical (unpaired) electrons. The molecule has 1 N–H and O–H groups in total. The summed E-state index contributed by atoms with van der Waals surface area (Å²) in [5.41, 5.74) is 3.85. The Bertz CT molecular complexity index is 1500. The van der Waals surface area contributed by atoms with Crippen molar-refractivity contribution in [2.24, 2.45) is 7.05 Å². The van der Waals surface area contributed by atoms with Crippen LogP contribution in [-0.2, 0) is 19.0 Å². The minimum absolute atomic E-state index is 0.0736. The third-order valence-electron chi connectivity index (χ3n) is 7.62. The van der Waals surface area contributed by atoms with Gasteiger partial charge in [-0.25, -0.2) is 19.3 Å². The lowest BCUT2D eigenvalue weighted by Crippen LogP contribution is -2.32. The lowest BCUT2D eigenvalue weighted by Gasteiger charge is -2.34. The zero-order valence-corrected chi connectivity index (χ0v) is 19.3. The fourth-order valence-corrected chi connectivity index (χ4v) is 5.65. The molecule has 34 heavy (non-hydrogen) atoms. The van der Waals surface area contributed by atoms with Gasteiger partial charge < -0.3 is 14.2 Å². The summed E-state index contributed by atoms with van der Waals surface area (Å²) in [7, 11) is 1.69. The van der Waals surface area contributed by atoms with Crippen LogP contribution < -0.4 is 5.56 Å². The van der Waals surface area contributed by atoms with Gasteiger partial charge >= 0.3 is 0 Å². The van der Waals surface area contributed by atoms with E-state index < -0.39 is 0 Å². The van der Waals surface area contributed by atoms with Crippen LogP contribution in [0.4, 0.5) is 4.39 Å². The summed E-state index contributed by atoms with van der Waals surface area (Å²) in [6.45, 7) is 2.45. The number of aliphatic hydroxyl groups excluding tert-OH is 1. The van der Waals surface area contributed by atoms with Crippen molar-refractivity contribution in [1.29, 1.82) is 0 Å². The van der Waals surface area contributed by atoms with Crippen molar-refractivity contribution in [3.8, 4) is 22.6 Å². The summed E-state index contributed by atoms with van der Waals surface area (Å²) >= 11 is 0. The SMILES string of the molecule is Cc1nc(-c2nc3n(c2-c2ccc4ncn(C)c(=O)c4c2)CC[C@]32CC[C@@H](O)CC2)ccc1F. The number of rotatable bonds is 2. The van der Waals surface area contributed by atoms with E-state index in [-0.39, 0.29) is 22.9 Å². The van der Waals surface area contributed by atoms with Gasteiger partial charge in [0.1, 0.15) is 17.3 Å². The van der Waals surface area contributed by atoms with Crippen molar-refractivity contribution < 1.29 is 9.50 Å². The summed E-state index contributed by atoms with van der Waals surface area (Å²) in [6, 6.07) is 8.81. The van der Waals surface area contributed by atoms with Crippen molar-refractivity contribution in [3.63, 3.8) is 0 Å². The molecule has 6 rings (SSSR count). The maximum absolute atomic E-state index is 14.0. The minimum atomic E-state index is -0.352. The van der Waals surface area contributed by atoms with Crippen LogP contribution in [0.15, 0.2) is 41.5 Å². The van der Waals surface area contributed by atoms with E-state index in [2.05, 4.69) is 14.5 Å². The number of aliphatic hydroxyl groups is 1. The second kappa shape index (κ2) is 7.56. The highest BCUT2D eigenvalue weighted by Crippen LogP contribution is 2.49. The average molecular weight is 460 g/mol. The molecule has 1 aliphatic carbocycles. The minimum Gasteiger partial charge on any atom is -0.393 e. The van der Waals surface area contributed by atoms with Crippen molar-refractivity contribution >= 4 is 10.9 Å². The highest BCUT2D eigenvalue weighted by Gasteiger charge is 2.45. The zero-order chi connectivity index (χ0) is 23.6. The quantitative estimate of drug-likeness (QED) is 0.492. The van der Waals surface area contributed by atoms with E-state index in [1.54, 1.807) is 20.0 Å². The molecule has 1 aromatic carbocycles. The van der Waals surface area contributed by atoms with E-state index in [0.717, 1.165) is 55.7 Å². The van der Waals surface area contributed by atoms with Crippen LogP contribution in [0.25, 0.3) is 33.5 Å². The summed E-state index contributed by atoms with van der Waals surface area (Å²) in [4.78, 5) is 26.8. The normalized spacial score (nSPS) is 21.9. The third kappa shape index (κ3) is 3.12. The Morgan fingerprint density at radius 3 is 2.68 bits per heavy atom. The molecule has 1 fully saturated rings. The van der Waals surface area contributed by atoms with Gasteiger partial charge in [0.25, 0.3) is 5.56 Å². The summed E-state index contributed by atoms with van der Waals surface area (Å²) in [6.07, 6.45) is 5.57. The number of benzene rings is 1. The van der Waals surface area contributed by atoms with Crippen LogP contribution in [-0.4, -0.2) is 35.3 Å². The topological polar surface area (TPSA) is 85.8 Å². The lowest BCUT2D eigenvalue weighted by molar-refractivity contribution is 0.0942. The zero-order valence-electron chi connectivity index (χ0n) is 19.3. The Hall–Kier alpha value is -3.39. The number of nitrogens with zero attached hydrogens (tertiary/aromatic N) is 5. The van der Waals surface area contributed by atoms with Crippen molar-refractivity contribution in [2.45, 2.75) is 57.1 Å². The van der Waals surface area contributed by atoms with Crippen molar-refractivity contribution in [2.75, 3.05) is 0 Å². The van der Waals surface area contributed by atoms with Crippen molar-refractivity contribution in [3.05, 3.63) is 64.3 Å². The highest BCUT2D eigenvalue weighted by atomic mass is 19.1. The monoisotopic (exact) mass is 459 g/mol. The number of imidazole rings is 1. The van der Waals surface area contributed by atoms with Gasteiger partial charge in [0.15, 0.2) is 0 Å². The number of hydrogen-bond donors (Lipinski definition) is 1. The number of aromatic nitrogens is 5. The Kier molecular flexibility index (Phi) is 4.71. The molecule has 0 amide bonds. The van der Waals surface area contributed by atoms with E-state index in [1.165, 1.54) is 17.0 Å². The molecular weight excluding hydrogens is 433 g/mol. The Morgan fingerprint density at radius 1 is 1.12 bits per heavy atom. The second-order valence-corrected chi connectivity index (χ2v) is 9.70. The average Bonchev–Trinajstić information content (AvgIpc) is 3.38. The lowest BCUT2D eigenvalue weighted by atomic mass is 9.72. The molecule has 4 heterocycles. The molecule has 1 saturated carbocycles. The molecule has 2 aliphatic rings. The molecule has 0 atom stereocenters. The molecule has 174 valence electrons. The maximum Gasteiger partial charge on any atom is 0.260 e. The number of hydrogen-bond acceptors (Lipinski definition) is 5. The first kappa shape index (κ1) is 21.2. The maximum atomic E-state index is 14.0. The summed E-state index contributed by atoms with van der Waals surface area (Å²) < 4.78 is 17.7. The van der Waals surface area contributed by atoms with Crippen LogP contribution in [0.5, 0.6) is 0 Å². The van der Waals surface area contributed by atoms with Crippen LogP contribution in [0, 0.1) is 12.7 Å². The van der Waals surface area contributed by atoms with E-state index in [0.29, 0.717) is 28.0 Å². The van der Waals surface area contributed by atoms with E-state index in [9.17, 15) is 14.3 Å². The molecule has 3 aromatic heterocycles. The molecule has 1 spiro atoms. The largest absolute Gasteiger partial charge is 0.393 e. The highest BCUT2D eigenvalue weighted by molar-refractivity contribution is 5.87. The van der Waals surface area contributed by atoms with Crippen LogP contribution >= 0.6 is 0 Å². The van der Waals surface area contributed by atoms with Gasteiger partial charge in [-0.15, -0.1) is 0 Å². The van der Waals surface area contributed by atoms with Gasteiger partial charge in [-0.1, -0.05) is 6.07 Å². The molecule has 7 nitrogen and oxygen atoms in total. The fourth-order valence-electron chi connectivity index (χ4n) is 5.65. The van der Waals surface area contributed by atoms with Crippen LogP contribution in [0.1, 0.15) is 43.6 Å². The number of aryl methyl sites for hydroxylation is 2. The van der Waals surface area contributed by atoms with Gasteiger partial charge in [0, 0.05) is 24.6 Å². The molecule has 0 bridgehead atoms. The first-order chi connectivity index (χ1) is 16.4. The summed E-state index contributed by atoms with van der Waals surface area (Å²) in [5.74, 6) is 0.655. The first-order valence-electron chi connectivity index (χ1n) is 11.7. The summed E-state index contributed by atoms with van der Waals surface area (Å²) in [5, 5.41) is 10.7. The van der Waals surface area contributed by atoms with E-state index >= 15 is 0 Å². The predicted molar refractivity (Wildman–Crippen MR) is 127 cm³/mol. The second-order valence-electron chi connectivity index (χ2n) is 9.70. The van der Waals surface area contributed by atoms with Gasteiger partial charge in [-0.3, -0.25) is 4.79 Å². The van der Waals surface area contributed by atoms with E-state index in [4.69, 9.17) is 4.98 Å². The van der Waals surface area contributed by atoms with Crippen molar-refractivity contribution in [1.82, 2.24) is 24.1 Å². The number of halogens is 1. The number of fused-ring (bicyclic) bond motifs is 3. The molecular formula is C26H26FN5O2.